The predicted molar refractivity (Wildman–Crippen MR) is 59.3 cm³/mol. The number of carbonyl (C=O) groups is 1. The first-order chi connectivity index (χ1) is 7.97. The van der Waals surface area contributed by atoms with E-state index in [1.165, 1.54) is 12.1 Å². The van der Waals surface area contributed by atoms with E-state index < -0.39 is 23.9 Å². The highest BCUT2D eigenvalue weighted by Crippen LogP contribution is 2.28. The third-order valence-electron chi connectivity index (χ3n) is 2.24. The van der Waals surface area contributed by atoms with Crippen LogP contribution in [0.4, 0.5) is 0 Å². The van der Waals surface area contributed by atoms with Gasteiger partial charge in [0.1, 0.15) is 12.1 Å². The van der Waals surface area contributed by atoms with Gasteiger partial charge in [-0.1, -0.05) is 6.07 Å². The molecule has 17 heavy (non-hydrogen) atoms. The van der Waals surface area contributed by atoms with Gasteiger partial charge in [-0.05, 0) is 24.6 Å². The number of ether oxygens (including phenoxy) is 1. The molecule has 6 nitrogen and oxygen atoms in total. The number of aliphatic hydroxyl groups is 1. The second-order valence-corrected chi connectivity index (χ2v) is 3.47. The van der Waals surface area contributed by atoms with E-state index in [4.69, 9.17) is 10.8 Å². The van der Waals surface area contributed by atoms with Crippen LogP contribution in [0.3, 0.4) is 0 Å². The second kappa shape index (κ2) is 5.51. The molecule has 2 atom stereocenters. The first kappa shape index (κ1) is 13.3. The van der Waals surface area contributed by atoms with Crippen molar-refractivity contribution in [2.24, 2.45) is 5.73 Å². The number of hydrogen-bond acceptors (Lipinski definition) is 6. The van der Waals surface area contributed by atoms with Crippen LogP contribution in [0.15, 0.2) is 18.2 Å². The molecule has 94 valence electrons. The van der Waals surface area contributed by atoms with Crippen molar-refractivity contribution in [2.75, 3.05) is 6.61 Å². The first-order valence-electron chi connectivity index (χ1n) is 5.09. The van der Waals surface area contributed by atoms with Crippen molar-refractivity contribution in [1.29, 1.82) is 0 Å². The molecule has 0 aliphatic carbocycles. The van der Waals surface area contributed by atoms with Gasteiger partial charge in [0.25, 0.3) is 0 Å². The van der Waals surface area contributed by atoms with E-state index in [0.717, 1.165) is 6.07 Å². The standard InChI is InChI=1S/C11H15NO5/c1-2-17-11(16)9(12)10(15)6-3-4-7(13)8(14)5-6/h3-5,9-10,13-15H,2,12H2,1H3/t9-,10-/m1/s1. The number of phenols is 2. The summed E-state index contributed by atoms with van der Waals surface area (Å²) in [6.45, 7) is 1.80. The molecule has 0 saturated heterocycles. The number of esters is 1. The van der Waals surface area contributed by atoms with Crippen LogP contribution in [0, 0.1) is 0 Å². The molecule has 0 aromatic heterocycles. The van der Waals surface area contributed by atoms with Crippen molar-refractivity contribution in [1.82, 2.24) is 0 Å². The number of aliphatic hydroxyl groups excluding tert-OH is 1. The Kier molecular flexibility index (Phi) is 4.30. The van der Waals surface area contributed by atoms with E-state index in [1.807, 2.05) is 0 Å². The summed E-state index contributed by atoms with van der Waals surface area (Å²) in [4.78, 5) is 11.3. The molecule has 0 unspecified atom stereocenters. The summed E-state index contributed by atoms with van der Waals surface area (Å²) < 4.78 is 4.66. The zero-order chi connectivity index (χ0) is 13.0. The summed E-state index contributed by atoms with van der Waals surface area (Å²) in [5, 5.41) is 28.1. The van der Waals surface area contributed by atoms with Gasteiger partial charge in [0, 0.05) is 0 Å². The summed E-state index contributed by atoms with van der Waals surface area (Å²) in [7, 11) is 0. The lowest BCUT2D eigenvalue weighted by molar-refractivity contribution is -0.147. The molecule has 0 aliphatic rings. The molecule has 0 aliphatic heterocycles. The Labute approximate surface area is 98.3 Å². The Morgan fingerprint density at radius 2 is 2.06 bits per heavy atom. The van der Waals surface area contributed by atoms with Crippen molar-refractivity contribution in [3.8, 4) is 11.5 Å². The molecule has 1 aromatic rings. The maximum atomic E-state index is 11.3. The quantitative estimate of drug-likeness (QED) is 0.436. The lowest BCUT2D eigenvalue weighted by Crippen LogP contribution is -2.38. The van der Waals surface area contributed by atoms with Crippen LogP contribution in [0.5, 0.6) is 11.5 Å². The number of phenolic OH excluding ortho intramolecular Hbond substituents is 2. The maximum absolute atomic E-state index is 11.3. The smallest absolute Gasteiger partial charge is 0.325 e. The SMILES string of the molecule is CCOC(=O)[C@H](N)[C@H](O)c1ccc(O)c(O)c1. The lowest BCUT2D eigenvalue weighted by atomic mass is 10.0. The van der Waals surface area contributed by atoms with E-state index in [2.05, 4.69) is 4.74 Å². The van der Waals surface area contributed by atoms with Gasteiger partial charge in [-0.3, -0.25) is 4.79 Å². The van der Waals surface area contributed by atoms with E-state index >= 15 is 0 Å². The van der Waals surface area contributed by atoms with E-state index in [1.54, 1.807) is 6.92 Å². The van der Waals surface area contributed by atoms with Crippen LogP contribution in [0.2, 0.25) is 0 Å². The fourth-order valence-corrected chi connectivity index (χ4v) is 1.30. The monoisotopic (exact) mass is 241 g/mol. The Balaban J connectivity index is 2.84. The Hall–Kier alpha value is -1.79. The third-order valence-corrected chi connectivity index (χ3v) is 2.24. The number of benzene rings is 1. The Morgan fingerprint density at radius 1 is 1.41 bits per heavy atom. The van der Waals surface area contributed by atoms with Gasteiger partial charge in [0.05, 0.1) is 6.61 Å². The first-order valence-corrected chi connectivity index (χ1v) is 5.09. The van der Waals surface area contributed by atoms with Gasteiger partial charge in [0.2, 0.25) is 0 Å². The van der Waals surface area contributed by atoms with Crippen molar-refractivity contribution in [3.05, 3.63) is 23.8 Å². The largest absolute Gasteiger partial charge is 0.504 e. The average molecular weight is 241 g/mol. The molecule has 0 spiro atoms. The fraction of sp³-hybridized carbons (Fsp3) is 0.364. The van der Waals surface area contributed by atoms with Crippen molar-refractivity contribution >= 4 is 5.97 Å². The number of aromatic hydroxyl groups is 2. The molecule has 0 amide bonds. The summed E-state index contributed by atoms with van der Waals surface area (Å²) in [6.07, 6.45) is -1.31. The number of nitrogens with two attached hydrogens (primary N) is 1. The van der Waals surface area contributed by atoms with Gasteiger partial charge < -0.3 is 25.8 Å². The molecule has 0 saturated carbocycles. The molecule has 6 heteroatoms. The summed E-state index contributed by atoms with van der Waals surface area (Å²) in [5.74, 6) is -1.43. The minimum atomic E-state index is -1.31. The minimum absolute atomic E-state index is 0.167. The number of hydrogen-bond donors (Lipinski definition) is 4. The van der Waals surface area contributed by atoms with Crippen molar-refractivity contribution in [2.45, 2.75) is 19.1 Å². The summed E-state index contributed by atoms with van der Waals surface area (Å²) in [5.41, 5.74) is 5.72. The molecule has 1 aromatic carbocycles. The minimum Gasteiger partial charge on any atom is -0.504 e. The number of rotatable bonds is 4. The van der Waals surface area contributed by atoms with Gasteiger partial charge in [-0.2, -0.15) is 0 Å². The molecule has 0 radical (unpaired) electrons. The Morgan fingerprint density at radius 3 is 2.59 bits per heavy atom. The number of carbonyl (C=O) groups excluding carboxylic acids is 1. The van der Waals surface area contributed by atoms with Crippen LogP contribution in [0.25, 0.3) is 0 Å². The normalized spacial score (nSPS) is 14.1. The molecule has 0 bridgehead atoms. The molecule has 0 heterocycles. The highest BCUT2D eigenvalue weighted by molar-refractivity contribution is 5.76. The predicted octanol–water partition coefficient (Wildman–Crippen LogP) is 0.0216. The van der Waals surface area contributed by atoms with Crippen LogP contribution < -0.4 is 5.73 Å². The highest BCUT2D eigenvalue weighted by atomic mass is 16.5. The van der Waals surface area contributed by atoms with Gasteiger partial charge in [-0.25, -0.2) is 0 Å². The van der Waals surface area contributed by atoms with Gasteiger partial charge >= 0.3 is 5.97 Å². The zero-order valence-electron chi connectivity index (χ0n) is 9.33. The van der Waals surface area contributed by atoms with Crippen molar-refractivity contribution in [3.63, 3.8) is 0 Å². The highest BCUT2D eigenvalue weighted by Gasteiger charge is 2.25. The third kappa shape index (κ3) is 3.08. The van der Waals surface area contributed by atoms with E-state index in [0.29, 0.717) is 0 Å². The van der Waals surface area contributed by atoms with Crippen LogP contribution in [-0.2, 0) is 9.53 Å². The zero-order valence-corrected chi connectivity index (χ0v) is 9.33. The van der Waals surface area contributed by atoms with E-state index in [-0.39, 0.29) is 17.9 Å². The molecular formula is C11H15NO5. The molecular weight excluding hydrogens is 226 g/mol. The van der Waals surface area contributed by atoms with Crippen LogP contribution in [0.1, 0.15) is 18.6 Å². The van der Waals surface area contributed by atoms with E-state index in [9.17, 15) is 15.0 Å². The Bertz CT molecular complexity index is 407. The average Bonchev–Trinajstić information content (AvgIpc) is 2.31. The molecule has 5 N–H and O–H groups in total. The van der Waals surface area contributed by atoms with Crippen LogP contribution >= 0.6 is 0 Å². The fourth-order valence-electron chi connectivity index (χ4n) is 1.30. The lowest BCUT2D eigenvalue weighted by Gasteiger charge is -2.17. The summed E-state index contributed by atoms with van der Waals surface area (Å²) in [6, 6.07) is 2.46. The molecule has 0 fully saturated rings. The topological polar surface area (TPSA) is 113 Å². The molecule has 1 rings (SSSR count). The second-order valence-electron chi connectivity index (χ2n) is 3.47. The van der Waals surface area contributed by atoms with Crippen LogP contribution in [-0.4, -0.2) is 33.9 Å². The van der Waals surface area contributed by atoms with Gasteiger partial charge in [-0.15, -0.1) is 0 Å². The summed E-state index contributed by atoms with van der Waals surface area (Å²) >= 11 is 0. The van der Waals surface area contributed by atoms with Crippen molar-refractivity contribution < 1.29 is 24.9 Å². The maximum Gasteiger partial charge on any atom is 0.325 e. The van der Waals surface area contributed by atoms with Gasteiger partial charge in [0.15, 0.2) is 11.5 Å².